The minimum absolute atomic E-state index is 0.0298. The number of benzene rings is 1. The third-order valence-corrected chi connectivity index (χ3v) is 3.96. The number of aliphatic carboxylic acids is 1. The van der Waals surface area contributed by atoms with Gasteiger partial charge in [0, 0.05) is 13.2 Å². The zero-order chi connectivity index (χ0) is 15.3. The summed E-state index contributed by atoms with van der Waals surface area (Å²) in [5, 5.41) is 12.2. The van der Waals surface area contributed by atoms with Gasteiger partial charge in [-0.25, -0.2) is 0 Å². The highest BCUT2D eigenvalue weighted by atomic mass is 16.5. The number of carbonyl (C=O) groups is 2. The van der Waals surface area contributed by atoms with E-state index >= 15 is 0 Å². The third kappa shape index (κ3) is 3.82. The lowest BCUT2D eigenvalue weighted by atomic mass is 9.82. The quantitative estimate of drug-likeness (QED) is 0.836. The summed E-state index contributed by atoms with van der Waals surface area (Å²) in [6.07, 6.45) is 2.14. The highest BCUT2D eigenvalue weighted by Gasteiger charge is 2.35. The molecule has 1 aromatic carbocycles. The van der Waals surface area contributed by atoms with Crippen LogP contribution in [-0.2, 0) is 19.7 Å². The molecule has 0 radical (unpaired) electrons. The summed E-state index contributed by atoms with van der Waals surface area (Å²) < 4.78 is 5.41. The van der Waals surface area contributed by atoms with Crippen molar-refractivity contribution in [2.75, 3.05) is 13.2 Å². The van der Waals surface area contributed by atoms with Crippen LogP contribution in [0.1, 0.15) is 31.7 Å². The Hall–Kier alpha value is -1.88. The minimum Gasteiger partial charge on any atom is -0.481 e. The van der Waals surface area contributed by atoms with E-state index in [1.807, 2.05) is 6.07 Å². The molecule has 1 amide bonds. The van der Waals surface area contributed by atoms with Gasteiger partial charge in [0.15, 0.2) is 0 Å². The lowest BCUT2D eigenvalue weighted by Gasteiger charge is -2.26. The van der Waals surface area contributed by atoms with Gasteiger partial charge in [0.1, 0.15) is 5.41 Å². The van der Waals surface area contributed by atoms with Crippen molar-refractivity contribution in [2.45, 2.75) is 37.7 Å². The van der Waals surface area contributed by atoms with E-state index in [1.54, 1.807) is 31.2 Å². The second kappa shape index (κ2) is 6.72. The van der Waals surface area contributed by atoms with Gasteiger partial charge in [-0.3, -0.25) is 9.59 Å². The highest BCUT2D eigenvalue weighted by molar-refractivity contribution is 5.83. The van der Waals surface area contributed by atoms with Gasteiger partial charge < -0.3 is 15.2 Å². The van der Waals surface area contributed by atoms with E-state index in [9.17, 15) is 14.7 Å². The predicted octanol–water partition coefficient (Wildman–Crippen LogP) is 1.71. The van der Waals surface area contributed by atoms with Crippen LogP contribution in [0.3, 0.4) is 0 Å². The van der Waals surface area contributed by atoms with E-state index in [4.69, 9.17) is 4.74 Å². The van der Waals surface area contributed by atoms with E-state index in [0.29, 0.717) is 18.6 Å². The summed E-state index contributed by atoms with van der Waals surface area (Å²) >= 11 is 0. The van der Waals surface area contributed by atoms with Crippen LogP contribution < -0.4 is 5.32 Å². The van der Waals surface area contributed by atoms with Crippen molar-refractivity contribution in [2.24, 2.45) is 0 Å². The number of nitrogens with one attached hydrogen (secondary N) is 1. The van der Waals surface area contributed by atoms with E-state index in [2.05, 4.69) is 5.32 Å². The van der Waals surface area contributed by atoms with Gasteiger partial charge in [-0.05, 0) is 25.3 Å². The van der Waals surface area contributed by atoms with Crippen molar-refractivity contribution in [3.63, 3.8) is 0 Å². The Bertz CT molecular complexity index is 496. The highest BCUT2D eigenvalue weighted by Crippen LogP contribution is 2.23. The van der Waals surface area contributed by atoms with Gasteiger partial charge in [0.05, 0.1) is 12.5 Å². The van der Waals surface area contributed by atoms with E-state index in [1.165, 1.54) is 0 Å². The van der Waals surface area contributed by atoms with Gasteiger partial charge in [-0.2, -0.15) is 0 Å². The fourth-order valence-corrected chi connectivity index (χ4v) is 2.47. The number of carbonyl (C=O) groups excluding carboxylic acids is 1. The summed E-state index contributed by atoms with van der Waals surface area (Å²) in [6.45, 7) is 2.39. The monoisotopic (exact) mass is 291 g/mol. The molecule has 114 valence electrons. The van der Waals surface area contributed by atoms with Crippen molar-refractivity contribution in [1.29, 1.82) is 0 Å². The fraction of sp³-hybridized carbons (Fsp3) is 0.500. The van der Waals surface area contributed by atoms with Crippen molar-refractivity contribution in [3.05, 3.63) is 35.9 Å². The molecular weight excluding hydrogens is 270 g/mol. The van der Waals surface area contributed by atoms with Crippen LogP contribution in [0.5, 0.6) is 0 Å². The molecule has 2 unspecified atom stereocenters. The maximum Gasteiger partial charge on any atom is 0.315 e. The molecule has 1 aliphatic heterocycles. The Balaban J connectivity index is 1.97. The second-order valence-electron chi connectivity index (χ2n) is 5.62. The summed E-state index contributed by atoms with van der Waals surface area (Å²) in [4.78, 5) is 23.5. The molecule has 0 spiro atoms. The van der Waals surface area contributed by atoms with Crippen molar-refractivity contribution in [1.82, 2.24) is 5.32 Å². The molecule has 5 heteroatoms. The zero-order valence-electron chi connectivity index (χ0n) is 12.2. The van der Waals surface area contributed by atoms with Crippen LogP contribution in [0.2, 0.25) is 0 Å². The average molecular weight is 291 g/mol. The molecule has 0 saturated carbocycles. The largest absolute Gasteiger partial charge is 0.481 e. The first-order valence-corrected chi connectivity index (χ1v) is 7.19. The first-order chi connectivity index (χ1) is 10.0. The Morgan fingerprint density at radius 3 is 2.67 bits per heavy atom. The number of rotatable bonds is 6. The molecule has 0 bridgehead atoms. The first-order valence-electron chi connectivity index (χ1n) is 7.19. The molecule has 2 rings (SSSR count). The van der Waals surface area contributed by atoms with Crippen LogP contribution >= 0.6 is 0 Å². The number of amides is 1. The van der Waals surface area contributed by atoms with Crippen molar-refractivity contribution in [3.8, 4) is 0 Å². The molecule has 0 aliphatic carbocycles. The molecule has 5 nitrogen and oxygen atoms in total. The molecule has 1 aliphatic rings. The summed E-state index contributed by atoms with van der Waals surface area (Å²) in [5.74, 6) is -1.11. The summed E-state index contributed by atoms with van der Waals surface area (Å²) in [6, 6.07) is 8.96. The second-order valence-corrected chi connectivity index (χ2v) is 5.62. The molecule has 21 heavy (non-hydrogen) atoms. The minimum atomic E-state index is -1.13. The Kier molecular flexibility index (Phi) is 4.96. The fourth-order valence-electron chi connectivity index (χ4n) is 2.47. The molecule has 1 fully saturated rings. The number of carboxylic acid groups (broad SMARTS) is 1. The molecule has 0 aromatic heterocycles. The lowest BCUT2D eigenvalue weighted by Crippen LogP contribution is -2.44. The zero-order valence-corrected chi connectivity index (χ0v) is 12.2. The smallest absolute Gasteiger partial charge is 0.315 e. The molecule has 1 saturated heterocycles. The van der Waals surface area contributed by atoms with Crippen LogP contribution in [0.15, 0.2) is 30.3 Å². The molecule has 1 aromatic rings. The van der Waals surface area contributed by atoms with Gasteiger partial charge in [-0.1, -0.05) is 30.3 Å². The van der Waals surface area contributed by atoms with Crippen LogP contribution in [-0.4, -0.2) is 36.2 Å². The maximum absolute atomic E-state index is 11.9. The third-order valence-electron chi connectivity index (χ3n) is 3.96. The normalized spacial score (nSPS) is 20.7. The summed E-state index contributed by atoms with van der Waals surface area (Å²) in [5.41, 5.74) is -0.456. The van der Waals surface area contributed by atoms with Crippen molar-refractivity contribution >= 4 is 11.9 Å². The van der Waals surface area contributed by atoms with Crippen molar-refractivity contribution < 1.29 is 19.4 Å². The number of ether oxygens (including phenoxy) is 1. The number of hydrogen-bond acceptors (Lipinski definition) is 3. The maximum atomic E-state index is 11.9. The van der Waals surface area contributed by atoms with Gasteiger partial charge in [0.25, 0.3) is 0 Å². The summed E-state index contributed by atoms with van der Waals surface area (Å²) in [7, 11) is 0. The molecule has 2 atom stereocenters. The van der Waals surface area contributed by atoms with Crippen LogP contribution in [0, 0.1) is 0 Å². The Labute approximate surface area is 124 Å². The Morgan fingerprint density at radius 1 is 1.38 bits per heavy atom. The van der Waals surface area contributed by atoms with Gasteiger partial charge in [0.2, 0.25) is 5.91 Å². The lowest BCUT2D eigenvalue weighted by molar-refractivity contribution is -0.143. The van der Waals surface area contributed by atoms with Gasteiger partial charge >= 0.3 is 5.97 Å². The predicted molar refractivity (Wildman–Crippen MR) is 78.0 cm³/mol. The standard InChI is InChI=1S/C16H21NO4/c1-16(15(19)20,12-6-3-2-4-7-12)11-17-14(18)10-13-8-5-9-21-13/h2-4,6-7,13H,5,8-11H2,1H3,(H,17,18)(H,19,20). The van der Waals surface area contributed by atoms with Gasteiger partial charge in [-0.15, -0.1) is 0 Å². The number of hydrogen-bond donors (Lipinski definition) is 2. The molecule has 2 N–H and O–H groups in total. The molecular formula is C16H21NO4. The van der Waals surface area contributed by atoms with E-state index in [-0.39, 0.29) is 18.6 Å². The van der Waals surface area contributed by atoms with Crippen LogP contribution in [0.25, 0.3) is 0 Å². The molecule has 1 heterocycles. The Morgan fingerprint density at radius 2 is 2.10 bits per heavy atom. The number of carboxylic acids is 1. The average Bonchev–Trinajstić information content (AvgIpc) is 2.98. The van der Waals surface area contributed by atoms with E-state index in [0.717, 1.165) is 12.8 Å². The first kappa shape index (κ1) is 15.5. The van der Waals surface area contributed by atoms with Crippen LogP contribution in [0.4, 0.5) is 0 Å². The SMILES string of the molecule is CC(CNC(=O)CC1CCCO1)(C(=O)O)c1ccccc1. The topological polar surface area (TPSA) is 75.6 Å². The van der Waals surface area contributed by atoms with E-state index < -0.39 is 11.4 Å².